The van der Waals surface area contributed by atoms with Crippen LogP contribution in [0.5, 0.6) is 0 Å². The third-order valence-electron chi connectivity index (χ3n) is 12.0. The highest BCUT2D eigenvalue weighted by Gasteiger charge is 2.24. The van der Waals surface area contributed by atoms with Gasteiger partial charge in [0.15, 0.2) is 0 Å². The first-order valence-electron chi connectivity index (χ1n) is 27.1. The second kappa shape index (κ2) is 47.3. The van der Waals surface area contributed by atoms with Crippen molar-refractivity contribution in [3.63, 3.8) is 0 Å². The molecule has 3 unspecified atom stereocenters. The molecule has 0 saturated carbocycles. The number of nitrogens with one attached hydrogen (secondary N) is 1. The molecule has 3 atom stereocenters. The average Bonchev–Trinajstić information content (AvgIpc) is 3.26. The summed E-state index contributed by atoms with van der Waals surface area (Å²) < 4.78 is 23.3. The van der Waals surface area contributed by atoms with Crippen LogP contribution in [-0.2, 0) is 18.4 Å². The fraction of sp³-hybridized carbons (Fsp3) is 0.804. The van der Waals surface area contributed by atoms with Crippen molar-refractivity contribution in [1.29, 1.82) is 0 Å². The molecule has 0 bridgehead atoms. The van der Waals surface area contributed by atoms with Gasteiger partial charge in [0.05, 0.1) is 39.9 Å². The van der Waals surface area contributed by atoms with Crippen molar-refractivity contribution in [3.8, 4) is 0 Å². The summed E-state index contributed by atoms with van der Waals surface area (Å²) in [5.74, 6) is -0.221. The molecule has 0 fully saturated rings. The lowest BCUT2D eigenvalue weighted by molar-refractivity contribution is -0.870. The van der Waals surface area contributed by atoms with Crippen molar-refractivity contribution in [3.05, 3.63) is 60.8 Å². The third-order valence-corrected chi connectivity index (χ3v) is 13.0. The summed E-state index contributed by atoms with van der Waals surface area (Å²) in [6.45, 7) is 4.58. The van der Waals surface area contributed by atoms with Crippen LogP contribution in [0, 0.1) is 0 Å². The molecule has 0 radical (unpaired) electrons. The zero-order chi connectivity index (χ0) is 47.8. The summed E-state index contributed by atoms with van der Waals surface area (Å²) in [5.41, 5.74) is 0. The number of quaternary nitrogens is 1. The number of allylic oxidation sites excluding steroid dienone is 10. The van der Waals surface area contributed by atoms with E-state index >= 15 is 0 Å². The van der Waals surface area contributed by atoms with Crippen molar-refractivity contribution in [2.75, 3.05) is 40.9 Å². The van der Waals surface area contributed by atoms with Gasteiger partial charge < -0.3 is 28.8 Å². The molecule has 0 aromatic carbocycles. The number of unbranched alkanes of at least 4 members (excludes halogenated alkanes) is 26. The van der Waals surface area contributed by atoms with Crippen LogP contribution >= 0.6 is 7.82 Å². The van der Waals surface area contributed by atoms with Gasteiger partial charge in [0.2, 0.25) is 5.91 Å². The van der Waals surface area contributed by atoms with E-state index in [2.05, 4.69) is 79.9 Å². The highest BCUT2D eigenvalue weighted by molar-refractivity contribution is 7.45. The van der Waals surface area contributed by atoms with Crippen LogP contribution in [0.25, 0.3) is 0 Å². The minimum absolute atomic E-state index is 0.000748. The van der Waals surface area contributed by atoms with Gasteiger partial charge in [-0.25, -0.2) is 0 Å². The third kappa shape index (κ3) is 49.9. The second-order valence-corrected chi connectivity index (χ2v) is 21.0. The zero-order valence-electron chi connectivity index (χ0n) is 43.2. The number of amides is 1. The number of hydrogen-bond acceptors (Lipinski definition) is 6. The van der Waals surface area contributed by atoms with Crippen LogP contribution in [0.15, 0.2) is 60.8 Å². The number of phosphoric ester groups is 1. The molecule has 0 aliphatic carbocycles. The Bertz CT molecular complexity index is 1240. The molecule has 0 aromatic heterocycles. The van der Waals surface area contributed by atoms with Gasteiger partial charge in [0, 0.05) is 6.42 Å². The van der Waals surface area contributed by atoms with Crippen molar-refractivity contribution < 1.29 is 32.9 Å². The van der Waals surface area contributed by atoms with Crippen LogP contribution < -0.4 is 10.2 Å². The summed E-state index contributed by atoms with van der Waals surface area (Å²) in [7, 11) is 1.27. The topological polar surface area (TPSA) is 108 Å². The SMILES string of the molecule is CC/C=C\C/C=C\C/C=C\C/C=C\C/C=C\CCCC(=O)NC(COP(=O)([O-])OCC[N+](C)(C)C)C(O)CCCCCCCCCCCCCCCCCCCCCCCCCCCC. The first-order chi connectivity index (χ1) is 31.5. The van der Waals surface area contributed by atoms with Gasteiger partial charge in [-0.3, -0.25) is 9.36 Å². The standard InChI is InChI=1S/C56H105N2O6P/c1-6-8-10-12-14-16-18-20-22-24-25-26-27-28-29-30-31-32-34-35-37-39-41-43-45-47-49-55(59)54(53-64-65(61,62)63-52-51-58(3,4)5)57-56(60)50-48-46-44-42-40-38-36-33-23-21-19-17-15-13-11-9-7-2/h9,11,15,17,21,23,36,38,42,44,54-55,59H,6-8,10,12-14,16,18-20,22,24-35,37,39-41,43,45-53H2,1-5H3,(H-,57,60,61,62)/b11-9-,17-15-,23-21-,38-36-,44-42-. The number of likely N-dealkylation sites (N-methyl/N-ethyl adjacent to an activating group) is 1. The minimum atomic E-state index is -4.59. The van der Waals surface area contributed by atoms with E-state index in [0.717, 1.165) is 57.8 Å². The smallest absolute Gasteiger partial charge is 0.268 e. The van der Waals surface area contributed by atoms with E-state index in [9.17, 15) is 19.4 Å². The van der Waals surface area contributed by atoms with Gasteiger partial charge in [-0.15, -0.1) is 0 Å². The maximum atomic E-state index is 12.9. The molecule has 65 heavy (non-hydrogen) atoms. The monoisotopic (exact) mass is 933 g/mol. The molecule has 0 saturated heterocycles. The summed E-state index contributed by atoms with van der Waals surface area (Å²) in [6, 6.07) is -0.834. The van der Waals surface area contributed by atoms with Crippen LogP contribution in [0.3, 0.4) is 0 Å². The lowest BCUT2D eigenvalue weighted by Crippen LogP contribution is -2.46. The molecule has 0 spiro atoms. The predicted octanol–water partition coefficient (Wildman–Crippen LogP) is 15.5. The van der Waals surface area contributed by atoms with Crippen LogP contribution in [0.2, 0.25) is 0 Å². The molecule has 0 heterocycles. The Kier molecular flexibility index (Phi) is 46.0. The van der Waals surface area contributed by atoms with Crippen molar-refractivity contribution in [2.45, 2.75) is 251 Å². The number of carbonyl (C=O) groups is 1. The molecule has 2 N–H and O–H groups in total. The number of rotatable bonds is 49. The first-order valence-corrected chi connectivity index (χ1v) is 28.6. The van der Waals surface area contributed by atoms with Crippen LogP contribution in [-0.4, -0.2) is 68.5 Å². The molecular weight excluding hydrogens is 828 g/mol. The summed E-state index contributed by atoms with van der Waals surface area (Å²) >= 11 is 0. The van der Waals surface area contributed by atoms with Crippen molar-refractivity contribution >= 4 is 13.7 Å². The summed E-state index contributed by atoms with van der Waals surface area (Å²) in [4.78, 5) is 25.4. The predicted molar refractivity (Wildman–Crippen MR) is 279 cm³/mol. The molecule has 0 aliphatic heterocycles. The van der Waals surface area contributed by atoms with Crippen LogP contribution in [0.4, 0.5) is 0 Å². The molecule has 8 nitrogen and oxygen atoms in total. The molecule has 0 aromatic rings. The van der Waals surface area contributed by atoms with E-state index in [-0.39, 0.29) is 25.5 Å². The molecule has 1 amide bonds. The maximum Gasteiger partial charge on any atom is 0.268 e. The van der Waals surface area contributed by atoms with E-state index in [1.54, 1.807) is 0 Å². The van der Waals surface area contributed by atoms with Gasteiger partial charge >= 0.3 is 0 Å². The quantitative estimate of drug-likeness (QED) is 0.0272. The van der Waals surface area contributed by atoms with Gasteiger partial charge in [-0.05, 0) is 51.4 Å². The minimum Gasteiger partial charge on any atom is -0.756 e. The summed E-state index contributed by atoms with van der Waals surface area (Å²) in [5, 5.41) is 14.0. The molecule has 380 valence electrons. The Morgan fingerprint density at radius 3 is 1.31 bits per heavy atom. The van der Waals surface area contributed by atoms with E-state index in [1.165, 1.54) is 148 Å². The number of aliphatic hydroxyl groups is 1. The van der Waals surface area contributed by atoms with Gasteiger partial charge in [0.25, 0.3) is 7.82 Å². The normalized spacial score (nSPS) is 14.5. The number of carbonyl (C=O) groups excluding carboxylic acids is 1. The fourth-order valence-electron chi connectivity index (χ4n) is 7.78. The second-order valence-electron chi connectivity index (χ2n) is 19.6. The highest BCUT2D eigenvalue weighted by atomic mass is 31.2. The average molecular weight is 933 g/mol. The fourth-order valence-corrected chi connectivity index (χ4v) is 8.51. The van der Waals surface area contributed by atoms with Gasteiger partial charge in [-0.1, -0.05) is 242 Å². The van der Waals surface area contributed by atoms with E-state index < -0.39 is 20.0 Å². The zero-order valence-corrected chi connectivity index (χ0v) is 44.1. The Labute approximate surface area is 402 Å². The maximum absolute atomic E-state index is 12.9. The Morgan fingerprint density at radius 1 is 0.554 bits per heavy atom. The molecule has 9 heteroatoms. The lowest BCUT2D eigenvalue weighted by atomic mass is 10.0. The number of phosphoric acid groups is 1. The Morgan fingerprint density at radius 2 is 0.923 bits per heavy atom. The largest absolute Gasteiger partial charge is 0.756 e. The first kappa shape index (κ1) is 63.2. The van der Waals surface area contributed by atoms with Gasteiger partial charge in [-0.2, -0.15) is 0 Å². The number of hydrogen-bond donors (Lipinski definition) is 2. The lowest BCUT2D eigenvalue weighted by Gasteiger charge is -2.30. The number of aliphatic hydroxyl groups excluding tert-OH is 1. The Hall–Kier alpha value is -1.80. The van der Waals surface area contributed by atoms with Crippen molar-refractivity contribution in [2.24, 2.45) is 0 Å². The summed E-state index contributed by atoms with van der Waals surface area (Å²) in [6.07, 6.45) is 62.6. The molecular formula is C56H105N2O6P. The van der Waals surface area contributed by atoms with E-state index in [1.807, 2.05) is 21.1 Å². The highest BCUT2D eigenvalue weighted by Crippen LogP contribution is 2.38. The van der Waals surface area contributed by atoms with Gasteiger partial charge in [0.1, 0.15) is 13.2 Å². The van der Waals surface area contributed by atoms with Crippen LogP contribution in [0.1, 0.15) is 239 Å². The van der Waals surface area contributed by atoms with E-state index in [0.29, 0.717) is 23.9 Å². The van der Waals surface area contributed by atoms with E-state index in [4.69, 9.17) is 9.05 Å². The molecule has 0 rings (SSSR count). The van der Waals surface area contributed by atoms with Crippen molar-refractivity contribution in [1.82, 2.24) is 5.32 Å². The number of nitrogens with zero attached hydrogens (tertiary/aromatic N) is 1. The Balaban J connectivity index is 4.24. The molecule has 0 aliphatic rings.